The third-order valence-corrected chi connectivity index (χ3v) is 5.34. The van der Waals surface area contributed by atoms with E-state index >= 15 is 0 Å². The number of hydrogen-bond acceptors (Lipinski definition) is 4. The van der Waals surface area contributed by atoms with Crippen LogP contribution in [0.15, 0.2) is 50.1 Å². The van der Waals surface area contributed by atoms with E-state index in [0.29, 0.717) is 12.1 Å². The fourth-order valence-corrected chi connectivity index (χ4v) is 3.52. The van der Waals surface area contributed by atoms with E-state index in [2.05, 4.69) is 41.2 Å². The molecule has 1 aromatic heterocycles. The number of ether oxygens (including phenoxy) is 1. The van der Waals surface area contributed by atoms with Crippen molar-refractivity contribution in [2.24, 2.45) is 0 Å². The normalized spacial score (nSPS) is 12.3. The zero-order chi connectivity index (χ0) is 18.8. The summed E-state index contributed by atoms with van der Waals surface area (Å²) >= 11 is 3.52. The molecule has 136 valence electrons. The zero-order valence-corrected chi connectivity index (χ0v) is 16.9. The number of nitrogens with one attached hydrogen (secondary N) is 1. The predicted molar refractivity (Wildman–Crippen MR) is 108 cm³/mol. The smallest absolute Gasteiger partial charge is 0.336 e. The molecule has 5 heteroatoms. The van der Waals surface area contributed by atoms with Crippen LogP contribution in [0.4, 0.5) is 0 Å². The lowest BCUT2D eigenvalue weighted by molar-refractivity contribution is 0.411. The molecule has 0 aliphatic rings. The average molecular weight is 416 g/mol. The standard InChI is InChI=1S/C21H22BrNO3/c1-12-7-17-16(10-21(24)26-20(17)8-13(12)2)11-23-14(3)15-5-6-19(25-4)18(22)9-15/h5-10,14,23H,11H2,1-4H3. The lowest BCUT2D eigenvalue weighted by Crippen LogP contribution is -2.19. The summed E-state index contributed by atoms with van der Waals surface area (Å²) in [6.07, 6.45) is 0. The molecule has 2 aromatic carbocycles. The number of benzene rings is 2. The van der Waals surface area contributed by atoms with E-state index < -0.39 is 0 Å². The first-order valence-electron chi connectivity index (χ1n) is 8.50. The van der Waals surface area contributed by atoms with Crippen LogP contribution in [-0.4, -0.2) is 7.11 Å². The Morgan fingerprint density at radius 2 is 1.88 bits per heavy atom. The summed E-state index contributed by atoms with van der Waals surface area (Å²) in [6.45, 7) is 6.75. The first-order chi connectivity index (χ1) is 12.4. The summed E-state index contributed by atoms with van der Waals surface area (Å²) in [5.41, 5.74) is 4.69. The molecular formula is C21H22BrNO3. The van der Waals surface area contributed by atoms with Gasteiger partial charge in [0.15, 0.2) is 0 Å². The minimum Gasteiger partial charge on any atom is -0.496 e. The highest BCUT2D eigenvalue weighted by molar-refractivity contribution is 9.10. The molecule has 0 spiro atoms. The summed E-state index contributed by atoms with van der Waals surface area (Å²) in [6, 6.07) is 11.7. The SMILES string of the molecule is COc1ccc(C(C)NCc2cc(=O)oc3cc(C)c(C)cc23)cc1Br. The van der Waals surface area contributed by atoms with Crippen molar-refractivity contribution in [1.82, 2.24) is 5.32 Å². The van der Waals surface area contributed by atoms with Crippen molar-refractivity contribution >= 4 is 26.9 Å². The second-order valence-corrected chi connectivity index (χ2v) is 7.37. The van der Waals surface area contributed by atoms with Crippen LogP contribution in [-0.2, 0) is 6.54 Å². The summed E-state index contributed by atoms with van der Waals surface area (Å²) in [7, 11) is 1.65. The summed E-state index contributed by atoms with van der Waals surface area (Å²) in [5, 5.41) is 4.47. The third kappa shape index (κ3) is 3.84. The number of rotatable bonds is 5. The van der Waals surface area contributed by atoms with Gasteiger partial charge in [0.05, 0.1) is 11.6 Å². The van der Waals surface area contributed by atoms with Crippen molar-refractivity contribution in [3.8, 4) is 5.75 Å². The molecule has 0 fully saturated rings. The quantitative estimate of drug-likeness (QED) is 0.593. The van der Waals surface area contributed by atoms with Crippen LogP contribution >= 0.6 is 15.9 Å². The second-order valence-electron chi connectivity index (χ2n) is 6.52. The molecule has 1 unspecified atom stereocenters. The zero-order valence-electron chi connectivity index (χ0n) is 15.4. The topological polar surface area (TPSA) is 51.5 Å². The summed E-state index contributed by atoms with van der Waals surface area (Å²) in [4.78, 5) is 11.9. The molecule has 0 amide bonds. The highest BCUT2D eigenvalue weighted by Gasteiger charge is 2.11. The van der Waals surface area contributed by atoms with E-state index in [1.165, 1.54) is 5.56 Å². The van der Waals surface area contributed by atoms with Gasteiger partial charge in [-0.15, -0.1) is 0 Å². The van der Waals surface area contributed by atoms with Crippen molar-refractivity contribution in [3.63, 3.8) is 0 Å². The fraction of sp³-hybridized carbons (Fsp3) is 0.286. The van der Waals surface area contributed by atoms with Gasteiger partial charge < -0.3 is 14.5 Å². The van der Waals surface area contributed by atoms with Gasteiger partial charge in [-0.2, -0.15) is 0 Å². The van der Waals surface area contributed by atoms with Crippen molar-refractivity contribution < 1.29 is 9.15 Å². The summed E-state index contributed by atoms with van der Waals surface area (Å²) < 4.78 is 11.6. The molecule has 0 bridgehead atoms. The molecule has 1 atom stereocenters. The molecule has 3 rings (SSSR count). The molecule has 26 heavy (non-hydrogen) atoms. The van der Waals surface area contributed by atoms with Crippen LogP contribution in [0.25, 0.3) is 11.0 Å². The van der Waals surface area contributed by atoms with Gasteiger partial charge in [0.1, 0.15) is 11.3 Å². The van der Waals surface area contributed by atoms with Crippen molar-refractivity contribution in [3.05, 3.63) is 73.5 Å². The van der Waals surface area contributed by atoms with Crippen molar-refractivity contribution in [1.29, 1.82) is 0 Å². The maximum absolute atomic E-state index is 11.9. The highest BCUT2D eigenvalue weighted by Crippen LogP contribution is 2.28. The Bertz CT molecular complexity index is 1010. The van der Waals surface area contributed by atoms with Gasteiger partial charge in [-0.1, -0.05) is 6.07 Å². The van der Waals surface area contributed by atoms with Gasteiger partial charge in [0.25, 0.3) is 0 Å². The van der Waals surface area contributed by atoms with E-state index in [9.17, 15) is 4.79 Å². The maximum atomic E-state index is 11.9. The minimum atomic E-state index is -0.322. The molecule has 0 aliphatic carbocycles. The Labute approximate surface area is 161 Å². The molecular weight excluding hydrogens is 394 g/mol. The number of fused-ring (bicyclic) bond motifs is 1. The minimum absolute atomic E-state index is 0.117. The third-order valence-electron chi connectivity index (χ3n) is 4.72. The van der Waals surface area contributed by atoms with E-state index in [4.69, 9.17) is 9.15 Å². The highest BCUT2D eigenvalue weighted by atomic mass is 79.9. The Morgan fingerprint density at radius 1 is 1.15 bits per heavy atom. The van der Waals surface area contributed by atoms with Crippen molar-refractivity contribution in [2.75, 3.05) is 7.11 Å². The number of halogens is 1. The predicted octanol–water partition coefficient (Wildman–Crippen LogP) is 5.03. The molecule has 4 nitrogen and oxygen atoms in total. The molecule has 0 radical (unpaired) electrons. The first-order valence-corrected chi connectivity index (χ1v) is 9.29. The molecule has 1 heterocycles. The fourth-order valence-electron chi connectivity index (χ4n) is 2.96. The number of hydrogen-bond donors (Lipinski definition) is 1. The van der Waals surface area contributed by atoms with Gasteiger partial charge in [0, 0.05) is 24.0 Å². The van der Waals surface area contributed by atoms with Crippen LogP contribution in [0.3, 0.4) is 0 Å². The van der Waals surface area contributed by atoms with Crippen LogP contribution in [0.5, 0.6) is 5.75 Å². The summed E-state index contributed by atoms with van der Waals surface area (Å²) in [5.74, 6) is 0.804. The molecule has 3 aromatic rings. The molecule has 1 N–H and O–H groups in total. The van der Waals surface area contributed by atoms with Crippen LogP contribution in [0, 0.1) is 13.8 Å². The van der Waals surface area contributed by atoms with Gasteiger partial charge in [-0.25, -0.2) is 4.79 Å². The van der Waals surface area contributed by atoms with E-state index in [1.807, 2.05) is 31.2 Å². The number of methoxy groups -OCH3 is 1. The monoisotopic (exact) mass is 415 g/mol. The van der Waals surface area contributed by atoms with E-state index in [-0.39, 0.29) is 11.7 Å². The van der Waals surface area contributed by atoms with Gasteiger partial charge >= 0.3 is 5.63 Å². The van der Waals surface area contributed by atoms with Crippen LogP contribution in [0.1, 0.15) is 35.2 Å². The lowest BCUT2D eigenvalue weighted by Gasteiger charge is -2.16. The van der Waals surface area contributed by atoms with E-state index in [0.717, 1.165) is 32.3 Å². The number of aryl methyl sites for hydroxylation is 2. The second kappa shape index (κ2) is 7.64. The maximum Gasteiger partial charge on any atom is 0.336 e. The molecule has 0 saturated carbocycles. The van der Waals surface area contributed by atoms with Gasteiger partial charge in [-0.05, 0) is 83.2 Å². The Hall–Kier alpha value is -2.11. The molecule has 0 saturated heterocycles. The van der Waals surface area contributed by atoms with Crippen molar-refractivity contribution in [2.45, 2.75) is 33.4 Å². The average Bonchev–Trinajstić information content (AvgIpc) is 2.60. The Balaban J connectivity index is 1.86. The Morgan fingerprint density at radius 3 is 2.58 bits per heavy atom. The van der Waals surface area contributed by atoms with Crippen LogP contribution < -0.4 is 15.7 Å². The Kier molecular flexibility index (Phi) is 5.49. The first kappa shape index (κ1) is 18.7. The van der Waals surface area contributed by atoms with E-state index in [1.54, 1.807) is 13.2 Å². The largest absolute Gasteiger partial charge is 0.496 e. The lowest BCUT2D eigenvalue weighted by atomic mass is 10.0. The van der Waals surface area contributed by atoms with Crippen LogP contribution in [0.2, 0.25) is 0 Å². The van der Waals surface area contributed by atoms with Gasteiger partial charge in [-0.3, -0.25) is 0 Å². The molecule has 0 aliphatic heterocycles. The van der Waals surface area contributed by atoms with Gasteiger partial charge in [0.2, 0.25) is 0 Å².